The maximum Gasteiger partial charge on any atom is 0.0593 e. The molecular weight excluding hydrogens is 236 g/mol. The topological polar surface area (TPSA) is 24.5 Å². The molecule has 1 rings (SSSR count). The molecule has 0 aromatic heterocycles. The normalized spacial score (nSPS) is 21.5. The van der Waals surface area contributed by atoms with E-state index in [9.17, 15) is 0 Å². The third-order valence-electron chi connectivity index (χ3n) is 3.87. The van der Waals surface area contributed by atoms with Gasteiger partial charge in [0.15, 0.2) is 0 Å². The minimum Gasteiger partial charge on any atom is -0.380 e. The van der Waals surface area contributed by atoms with E-state index in [0.717, 1.165) is 32.2 Å². The summed E-state index contributed by atoms with van der Waals surface area (Å²) in [6.45, 7) is 14.2. The monoisotopic (exact) mass is 270 g/mol. The zero-order valence-electron chi connectivity index (χ0n) is 13.5. The first-order valence-corrected chi connectivity index (χ1v) is 8.14. The molecule has 1 aliphatic rings. The van der Waals surface area contributed by atoms with Crippen molar-refractivity contribution in [2.24, 2.45) is 5.92 Å². The van der Waals surface area contributed by atoms with Gasteiger partial charge in [0.25, 0.3) is 0 Å². The van der Waals surface area contributed by atoms with Gasteiger partial charge < -0.3 is 10.1 Å². The Labute approximate surface area is 120 Å². The highest BCUT2D eigenvalue weighted by Crippen LogP contribution is 2.16. The molecule has 3 nitrogen and oxygen atoms in total. The van der Waals surface area contributed by atoms with E-state index in [-0.39, 0.29) is 0 Å². The van der Waals surface area contributed by atoms with E-state index in [0.29, 0.717) is 12.1 Å². The molecule has 19 heavy (non-hydrogen) atoms. The Morgan fingerprint density at radius 2 is 1.95 bits per heavy atom. The average Bonchev–Trinajstić information content (AvgIpc) is 2.36. The number of piperidine rings is 1. The van der Waals surface area contributed by atoms with Crippen molar-refractivity contribution < 1.29 is 4.74 Å². The van der Waals surface area contributed by atoms with Gasteiger partial charge in [-0.25, -0.2) is 0 Å². The van der Waals surface area contributed by atoms with Crippen molar-refractivity contribution in [1.82, 2.24) is 10.2 Å². The van der Waals surface area contributed by atoms with E-state index in [1.165, 1.54) is 32.2 Å². The van der Waals surface area contributed by atoms with Crippen LogP contribution in [-0.4, -0.2) is 49.8 Å². The third kappa shape index (κ3) is 7.91. The molecule has 1 fully saturated rings. The number of rotatable bonds is 9. The molecule has 3 heteroatoms. The van der Waals surface area contributed by atoms with Crippen LogP contribution in [0.25, 0.3) is 0 Å². The number of ether oxygens (including phenoxy) is 1. The molecule has 0 aromatic rings. The summed E-state index contributed by atoms with van der Waals surface area (Å²) in [4.78, 5) is 2.62. The molecule has 1 aliphatic heterocycles. The molecule has 1 unspecified atom stereocenters. The molecule has 0 aliphatic carbocycles. The minimum absolute atomic E-state index is 0.589. The van der Waals surface area contributed by atoms with Gasteiger partial charge in [0.05, 0.1) is 6.61 Å². The van der Waals surface area contributed by atoms with Gasteiger partial charge in [0.1, 0.15) is 0 Å². The molecule has 0 bridgehead atoms. The number of likely N-dealkylation sites (tertiary alicyclic amines) is 1. The maximum atomic E-state index is 5.76. The van der Waals surface area contributed by atoms with Crippen LogP contribution in [0.1, 0.15) is 53.4 Å². The highest BCUT2D eigenvalue weighted by molar-refractivity contribution is 4.79. The van der Waals surface area contributed by atoms with Crippen LogP contribution in [0.5, 0.6) is 0 Å². The van der Waals surface area contributed by atoms with Gasteiger partial charge >= 0.3 is 0 Å². The predicted molar refractivity (Wildman–Crippen MR) is 82.6 cm³/mol. The molecule has 0 amide bonds. The van der Waals surface area contributed by atoms with Gasteiger partial charge in [0.2, 0.25) is 0 Å². The molecule has 0 radical (unpaired) electrons. The molecule has 0 aromatic carbocycles. The highest BCUT2D eigenvalue weighted by Gasteiger charge is 2.21. The Hall–Kier alpha value is -0.120. The first-order valence-electron chi connectivity index (χ1n) is 8.14. The zero-order valence-corrected chi connectivity index (χ0v) is 13.5. The van der Waals surface area contributed by atoms with Crippen LogP contribution in [0.15, 0.2) is 0 Å². The lowest BCUT2D eigenvalue weighted by molar-refractivity contribution is 0.0665. The fourth-order valence-corrected chi connectivity index (χ4v) is 2.56. The van der Waals surface area contributed by atoms with Gasteiger partial charge in [-0.15, -0.1) is 0 Å². The van der Waals surface area contributed by atoms with Crippen LogP contribution in [0, 0.1) is 5.92 Å². The van der Waals surface area contributed by atoms with Crippen molar-refractivity contribution in [1.29, 1.82) is 0 Å². The second kappa shape index (κ2) is 9.73. The lowest BCUT2D eigenvalue weighted by atomic mass is 10.0. The Morgan fingerprint density at radius 1 is 1.16 bits per heavy atom. The van der Waals surface area contributed by atoms with E-state index >= 15 is 0 Å². The number of hydrogen-bond donors (Lipinski definition) is 1. The second-order valence-corrected chi connectivity index (χ2v) is 6.54. The first kappa shape index (κ1) is 16.9. The van der Waals surface area contributed by atoms with Gasteiger partial charge in [-0.1, -0.05) is 34.1 Å². The Bertz CT molecular complexity index is 219. The highest BCUT2D eigenvalue weighted by atomic mass is 16.5. The van der Waals surface area contributed by atoms with E-state index in [1.54, 1.807) is 0 Å². The third-order valence-corrected chi connectivity index (χ3v) is 3.87. The van der Waals surface area contributed by atoms with Crippen LogP contribution in [0.4, 0.5) is 0 Å². The molecule has 1 N–H and O–H groups in total. The van der Waals surface area contributed by atoms with Crippen LogP contribution < -0.4 is 5.32 Å². The van der Waals surface area contributed by atoms with E-state index < -0.39 is 0 Å². The van der Waals surface area contributed by atoms with Gasteiger partial charge in [0, 0.05) is 31.8 Å². The van der Waals surface area contributed by atoms with Crippen molar-refractivity contribution in [3.8, 4) is 0 Å². The molecule has 1 heterocycles. The van der Waals surface area contributed by atoms with Crippen LogP contribution in [0.3, 0.4) is 0 Å². The Kier molecular flexibility index (Phi) is 8.67. The summed E-state index contributed by atoms with van der Waals surface area (Å²) in [5.41, 5.74) is 0. The van der Waals surface area contributed by atoms with E-state index in [1.807, 2.05) is 0 Å². The second-order valence-electron chi connectivity index (χ2n) is 6.54. The van der Waals surface area contributed by atoms with Crippen LogP contribution in [0.2, 0.25) is 0 Å². The molecule has 114 valence electrons. The minimum atomic E-state index is 0.589. The van der Waals surface area contributed by atoms with Crippen LogP contribution in [-0.2, 0) is 4.74 Å². The predicted octanol–water partition coefficient (Wildman–Crippen LogP) is 2.90. The SMILES string of the molecule is CC(C)CCOCCN1CCCCC1CNC(C)C. The Balaban J connectivity index is 2.16. The molecule has 1 saturated heterocycles. The molecule has 0 spiro atoms. The van der Waals surface area contributed by atoms with Crippen molar-refractivity contribution in [2.45, 2.75) is 65.5 Å². The van der Waals surface area contributed by atoms with Gasteiger partial charge in [-0.2, -0.15) is 0 Å². The molecular formula is C16H34N2O. The van der Waals surface area contributed by atoms with Crippen molar-refractivity contribution in [3.63, 3.8) is 0 Å². The van der Waals surface area contributed by atoms with Crippen LogP contribution >= 0.6 is 0 Å². The summed E-state index contributed by atoms with van der Waals surface area (Å²) in [6.07, 6.45) is 5.25. The van der Waals surface area contributed by atoms with Crippen molar-refractivity contribution in [3.05, 3.63) is 0 Å². The Morgan fingerprint density at radius 3 is 2.63 bits per heavy atom. The van der Waals surface area contributed by atoms with Gasteiger partial charge in [-0.05, 0) is 31.7 Å². The number of nitrogens with zero attached hydrogens (tertiary/aromatic N) is 1. The zero-order chi connectivity index (χ0) is 14.1. The lowest BCUT2D eigenvalue weighted by Crippen LogP contribution is -2.47. The summed E-state index contributed by atoms with van der Waals surface area (Å²) in [5, 5.41) is 3.58. The quantitative estimate of drug-likeness (QED) is 0.652. The van der Waals surface area contributed by atoms with Crippen molar-refractivity contribution in [2.75, 3.05) is 32.8 Å². The van der Waals surface area contributed by atoms with E-state index in [2.05, 4.69) is 37.9 Å². The first-order chi connectivity index (χ1) is 9.09. The largest absolute Gasteiger partial charge is 0.380 e. The summed E-state index contributed by atoms with van der Waals surface area (Å²) < 4.78 is 5.76. The number of hydrogen-bond acceptors (Lipinski definition) is 3. The van der Waals surface area contributed by atoms with Crippen molar-refractivity contribution >= 4 is 0 Å². The smallest absolute Gasteiger partial charge is 0.0593 e. The fourth-order valence-electron chi connectivity index (χ4n) is 2.56. The standard InChI is InChI=1S/C16H34N2O/c1-14(2)8-11-19-12-10-18-9-6-5-7-16(18)13-17-15(3)4/h14-17H,5-13H2,1-4H3. The number of nitrogens with one attached hydrogen (secondary N) is 1. The summed E-state index contributed by atoms with van der Waals surface area (Å²) in [7, 11) is 0. The van der Waals surface area contributed by atoms with Gasteiger partial charge in [-0.3, -0.25) is 4.90 Å². The summed E-state index contributed by atoms with van der Waals surface area (Å²) in [6, 6.07) is 1.30. The molecule has 0 saturated carbocycles. The van der Waals surface area contributed by atoms with E-state index in [4.69, 9.17) is 4.74 Å². The summed E-state index contributed by atoms with van der Waals surface area (Å²) in [5.74, 6) is 0.748. The maximum absolute atomic E-state index is 5.76. The summed E-state index contributed by atoms with van der Waals surface area (Å²) >= 11 is 0. The lowest BCUT2D eigenvalue weighted by Gasteiger charge is -2.36. The molecule has 1 atom stereocenters. The average molecular weight is 270 g/mol. The fraction of sp³-hybridized carbons (Fsp3) is 1.00.